The summed E-state index contributed by atoms with van der Waals surface area (Å²) in [6.45, 7) is 0. The van der Waals surface area contributed by atoms with E-state index in [-0.39, 0.29) is 22.5 Å². The van der Waals surface area contributed by atoms with Crippen LogP contribution in [0.2, 0.25) is 0 Å². The first-order valence-corrected chi connectivity index (χ1v) is 11.7. The second-order valence-corrected chi connectivity index (χ2v) is 9.47. The number of anilines is 2. The van der Waals surface area contributed by atoms with Crippen LogP contribution in [-0.2, 0) is 30.5 Å². The van der Waals surface area contributed by atoms with Crippen molar-refractivity contribution in [2.75, 3.05) is 11.2 Å². The number of benzene rings is 2. The van der Waals surface area contributed by atoms with E-state index in [0.717, 1.165) is 30.4 Å². The molecule has 158 valence electrons. The van der Waals surface area contributed by atoms with Crippen molar-refractivity contribution in [1.29, 1.82) is 0 Å². The lowest BCUT2D eigenvalue weighted by Crippen LogP contribution is -2.28. The van der Waals surface area contributed by atoms with E-state index in [0.29, 0.717) is 0 Å². The maximum atomic E-state index is 11.6. The molecule has 0 aromatic heterocycles. The topological polar surface area (TPSA) is 213 Å². The van der Waals surface area contributed by atoms with Gasteiger partial charge in [0, 0.05) is 5.69 Å². The summed E-state index contributed by atoms with van der Waals surface area (Å²) in [6, 6.07) is 6.86. The van der Waals surface area contributed by atoms with Gasteiger partial charge in [-0.15, -0.1) is 4.83 Å². The summed E-state index contributed by atoms with van der Waals surface area (Å²) in [7, 11) is -14.0. The minimum Gasteiger partial charge on any atom is -0.399 e. The molecule has 0 unspecified atom stereocenters. The molecule has 7 N–H and O–H groups in total. The third kappa shape index (κ3) is 6.50. The van der Waals surface area contributed by atoms with Gasteiger partial charge < -0.3 is 11.2 Å². The van der Waals surface area contributed by atoms with E-state index in [9.17, 15) is 34.4 Å². The molecule has 2 aromatic carbocycles. The molecule has 0 heterocycles. The number of nitrogens with one attached hydrogen (secondary N) is 2. The lowest BCUT2D eigenvalue weighted by Gasteiger charge is -2.09. The van der Waals surface area contributed by atoms with Crippen LogP contribution in [0.4, 0.5) is 11.4 Å². The Bertz CT molecular complexity index is 1280. The molecule has 2 rings (SSSR count). The predicted octanol–water partition coefficient (Wildman–Crippen LogP) is 0.652. The molecular weight excluding hydrogens is 450 g/mol. The summed E-state index contributed by atoms with van der Waals surface area (Å²) in [6.07, 6.45) is 2.30. The average Bonchev–Trinajstić information content (AvgIpc) is 2.57. The van der Waals surface area contributed by atoms with Crippen LogP contribution < -0.4 is 16.0 Å². The van der Waals surface area contributed by atoms with Crippen LogP contribution in [0.25, 0.3) is 12.2 Å². The third-order valence-electron chi connectivity index (χ3n) is 3.37. The van der Waals surface area contributed by atoms with Gasteiger partial charge in [-0.2, -0.15) is 25.3 Å². The van der Waals surface area contributed by atoms with Gasteiger partial charge in [0.05, 0.1) is 5.69 Å². The molecule has 0 fully saturated rings. The van der Waals surface area contributed by atoms with E-state index in [1.54, 1.807) is 0 Å². The number of nitrogens with two attached hydrogens (primary N) is 1. The first kappa shape index (κ1) is 22.8. The van der Waals surface area contributed by atoms with Gasteiger partial charge in [-0.25, -0.2) is 0 Å². The van der Waals surface area contributed by atoms with Gasteiger partial charge in [0.15, 0.2) is 0 Å². The summed E-state index contributed by atoms with van der Waals surface area (Å²) in [5.74, 6) is 0. The Labute approximate surface area is 166 Å². The number of hydrazine groups is 1. The Hall–Kier alpha value is -2.53. The summed E-state index contributed by atoms with van der Waals surface area (Å²) < 4.78 is 94.9. The minimum absolute atomic E-state index is 0.0155. The van der Waals surface area contributed by atoms with Gasteiger partial charge in [0.2, 0.25) is 0 Å². The molecule has 15 heteroatoms. The van der Waals surface area contributed by atoms with Crippen molar-refractivity contribution in [3.8, 4) is 0 Å². The Morgan fingerprint density at radius 1 is 0.759 bits per heavy atom. The van der Waals surface area contributed by atoms with Gasteiger partial charge in [0.1, 0.15) is 9.79 Å². The molecule has 0 saturated heterocycles. The molecule has 0 saturated carbocycles. The molecule has 0 aliphatic carbocycles. The van der Waals surface area contributed by atoms with Crippen molar-refractivity contribution in [3.05, 3.63) is 47.5 Å². The smallest absolute Gasteiger partial charge is 0.350 e. The van der Waals surface area contributed by atoms with Crippen molar-refractivity contribution < 1.29 is 38.9 Å². The zero-order valence-corrected chi connectivity index (χ0v) is 16.7. The monoisotopic (exact) mass is 465 g/mol. The second-order valence-electron chi connectivity index (χ2n) is 5.54. The molecule has 2 aromatic rings. The van der Waals surface area contributed by atoms with E-state index in [2.05, 4.69) is 0 Å². The summed E-state index contributed by atoms with van der Waals surface area (Å²) in [5, 5.41) is 0. The third-order valence-corrected chi connectivity index (χ3v) is 5.55. The minimum atomic E-state index is -4.78. The fraction of sp³-hybridized carbons (Fsp3) is 0. The Morgan fingerprint density at radius 3 is 1.72 bits per heavy atom. The van der Waals surface area contributed by atoms with Crippen LogP contribution in [0.3, 0.4) is 0 Å². The van der Waals surface area contributed by atoms with Crippen LogP contribution in [0.5, 0.6) is 0 Å². The Balaban J connectivity index is 2.51. The fourth-order valence-corrected chi connectivity index (χ4v) is 3.86. The fourth-order valence-electron chi connectivity index (χ4n) is 2.19. The van der Waals surface area contributed by atoms with Gasteiger partial charge in [-0.3, -0.25) is 13.7 Å². The van der Waals surface area contributed by atoms with E-state index in [1.807, 2.05) is 5.43 Å². The van der Waals surface area contributed by atoms with Crippen LogP contribution in [0, 0.1) is 0 Å². The lowest BCUT2D eigenvalue weighted by atomic mass is 10.1. The number of nitrogen functional groups attached to an aromatic ring is 1. The average molecular weight is 465 g/mol. The summed E-state index contributed by atoms with van der Waals surface area (Å²) in [5.41, 5.74) is 7.34. The highest BCUT2D eigenvalue weighted by Crippen LogP contribution is 2.25. The second kappa shape index (κ2) is 8.07. The maximum Gasteiger partial charge on any atom is 0.350 e. The summed E-state index contributed by atoms with van der Waals surface area (Å²) >= 11 is 0. The SMILES string of the molecule is Nc1ccc(/C=C/c2ccc(NNS(=O)(=O)O)cc2S(=O)(=O)O)c(S(=O)(=O)O)c1. The van der Waals surface area contributed by atoms with Crippen LogP contribution in [-0.4, -0.2) is 38.9 Å². The van der Waals surface area contributed by atoms with Crippen molar-refractivity contribution in [2.45, 2.75) is 9.79 Å². The Morgan fingerprint density at radius 2 is 1.24 bits per heavy atom. The molecule has 0 atom stereocenters. The molecular formula is C14H15N3O9S3. The van der Waals surface area contributed by atoms with Crippen LogP contribution in [0.15, 0.2) is 46.2 Å². The standard InChI is InChI=1S/C14H15N3O9S3/c15-11-5-3-9(13(7-11)27(18,19)20)1-2-10-4-6-12(16-17-29(24,25)26)8-14(10)28(21,22)23/h1-8,16-17H,15H2,(H,18,19,20)(H,21,22,23)(H,24,25,26)/b2-1+. The number of hydrogen-bond donors (Lipinski definition) is 6. The van der Waals surface area contributed by atoms with E-state index >= 15 is 0 Å². The molecule has 12 nitrogen and oxygen atoms in total. The highest BCUT2D eigenvalue weighted by molar-refractivity contribution is 7.86. The lowest BCUT2D eigenvalue weighted by molar-refractivity contribution is 0.472. The van der Waals surface area contributed by atoms with Crippen molar-refractivity contribution in [3.63, 3.8) is 0 Å². The largest absolute Gasteiger partial charge is 0.399 e. The molecule has 0 spiro atoms. The van der Waals surface area contributed by atoms with Crippen molar-refractivity contribution in [1.82, 2.24) is 4.83 Å². The van der Waals surface area contributed by atoms with Gasteiger partial charge >= 0.3 is 10.3 Å². The molecule has 0 amide bonds. The first-order valence-electron chi connectivity index (χ1n) is 7.34. The highest BCUT2D eigenvalue weighted by atomic mass is 32.2. The first-order chi connectivity index (χ1) is 13.2. The zero-order chi connectivity index (χ0) is 22.0. The molecule has 0 aliphatic heterocycles. The highest BCUT2D eigenvalue weighted by Gasteiger charge is 2.17. The number of rotatable bonds is 7. The molecule has 0 bridgehead atoms. The quantitative estimate of drug-likeness (QED) is 0.144. The van der Waals surface area contributed by atoms with Crippen LogP contribution in [0.1, 0.15) is 11.1 Å². The van der Waals surface area contributed by atoms with Gasteiger partial charge in [-0.05, 0) is 35.4 Å². The Kier molecular flexibility index (Phi) is 6.33. The van der Waals surface area contributed by atoms with E-state index in [4.69, 9.17) is 10.3 Å². The van der Waals surface area contributed by atoms with Gasteiger partial charge in [-0.1, -0.05) is 24.3 Å². The normalized spacial score (nSPS) is 12.9. The maximum absolute atomic E-state index is 11.6. The van der Waals surface area contributed by atoms with Crippen molar-refractivity contribution in [2.24, 2.45) is 0 Å². The van der Waals surface area contributed by atoms with Crippen LogP contribution >= 0.6 is 0 Å². The molecule has 0 radical (unpaired) electrons. The van der Waals surface area contributed by atoms with Crippen molar-refractivity contribution >= 4 is 54.1 Å². The van der Waals surface area contributed by atoms with E-state index in [1.165, 1.54) is 23.0 Å². The number of hydrogen-bond acceptors (Lipinski definition) is 8. The van der Waals surface area contributed by atoms with E-state index < -0.39 is 40.3 Å². The summed E-state index contributed by atoms with van der Waals surface area (Å²) in [4.78, 5) is 0.332. The predicted molar refractivity (Wildman–Crippen MR) is 104 cm³/mol. The molecule has 29 heavy (non-hydrogen) atoms. The zero-order valence-electron chi connectivity index (χ0n) is 14.2. The van der Waals surface area contributed by atoms with Gasteiger partial charge in [0.25, 0.3) is 20.2 Å². The molecule has 0 aliphatic rings.